The van der Waals surface area contributed by atoms with Gasteiger partial charge in [0.2, 0.25) is 5.95 Å². The highest BCUT2D eigenvalue weighted by atomic mass is 35.5. The van der Waals surface area contributed by atoms with Crippen LogP contribution in [0, 0.1) is 0 Å². The van der Waals surface area contributed by atoms with Gasteiger partial charge in [0.25, 0.3) is 0 Å². The third-order valence-corrected chi connectivity index (χ3v) is 3.34. The molecule has 1 saturated carbocycles. The predicted molar refractivity (Wildman–Crippen MR) is 68.0 cm³/mol. The number of nitrogens with two attached hydrogens (primary N) is 1. The molecule has 1 aromatic heterocycles. The first-order chi connectivity index (χ1) is 8.16. The molecule has 0 radical (unpaired) electrons. The van der Waals surface area contributed by atoms with Crippen LogP contribution in [0.15, 0.2) is 6.20 Å². The van der Waals surface area contributed by atoms with Crippen LogP contribution in [0.4, 0.5) is 11.8 Å². The minimum Gasteiger partial charge on any atom is -0.391 e. The first-order valence-electron chi connectivity index (χ1n) is 5.89. The summed E-state index contributed by atoms with van der Waals surface area (Å²) in [5, 5.41) is 13.6. The number of hydrogen-bond donors (Lipinski definition) is 3. The van der Waals surface area contributed by atoms with Crippen molar-refractivity contribution < 1.29 is 5.11 Å². The maximum absolute atomic E-state index is 9.99. The Morgan fingerprint density at radius 2 is 2.12 bits per heavy atom. The van der Waals surface area contributed by atoms with E-state index in [0.717, 1.165) is 32.1 Å². The molecule has 6 heteroatoms. The van der Waals surface area contributed by atoms with Crippen LogP contribution in [0.25, 0.3) is 0 Å². The molecule has 5 nitrogen and oxygen atoms in total. The van der Waals surface area contributed by atoms with E-state index in [0.29, 0.717) is 10.8 Å². The Bertz CT molecular complexity index is 388. The molecule has 0 aromatic carbocycles. The van der Waals surface area contributed by atoms with Crippen molar-refractivity contribution in [1.82, 2.24) is 9.97 Å². The highest BCUT2D eigenvalue weighted by Crippen LogP contribution is 2.24. The zero-order chi connectivity index (χ0) is 12.3. The van der Waals surface area contributed by atoms with Crippen LogP contribution in [0.2, 0.25) is 5.02 Å². The van der Waals surface area contributed by atoms with Crippen molar-refractivity contribution in [3.05, 3.63) is 11.2 Å². The van der Waals surface area contributed by atoms with E-state index < -0.39 is 0 Å². The van der Waals surface area contributed by atoms with Crippen LogP contribution in [0.5, 0.6) is 0 Å². The van der Waals surface area contributed by atoms with Gasteiger partial charge in [-0.2, -0.15) is 4.98 Å². The van der Waals surface area contributed by atoms with E-state index in [1.165, 1.54) is 6.20 Å². The Labute approximate surface area is 105 Å². The van der Waals surface area contributed by atoms with Gasteiger partial charge in [-0.15, -0.1) is 0 Å². The highest BCUT2D eigenvalue weighted by molar-refractivity contribution is 6.32. The van der Waals surface area contributed by atoms with Crippen LogP contribution in [-0.2, 0) is 0 Å². The minimum absolute atomic E-state index is 0.00991. The van der Waals surface area contributed by atoms with Gasteiger partial charge in [0.1, 0.15) is 5.02 Å². The summed E-state index contributed by atoms with van der Waals surface area (Å²) in [7, 11) is 0. The summed E-state index contributed by atoms with van der Waals surface area (Å²) in [6, 6.07) is -0.00991. The van der Waals surface area contributed by atoms with Gasteiger partial charge in [-0.25, -0.2) is 4.98 Å². The normalized spacial score (nSPS) is 25.3. The van der Waals surface area contributed by atoms with Gasteiger partial charge in [-0.1, -0.05) is 30.9 Å². The third kappa shape index (κ3) is 3.20. The van der Waals surface area contributed by atoms with Crippen LogP contribution in [0.1, 0.15) is 32.1 Å². The number of aromatic nitrogens is 2. The first kappa shape index (κ1) is 12.4. The second kappa shape index (κ2) is 5.51. The Kier molecular flexibility index (Phi) is 4.02. The number of aliphatic hydroxyl groups excluding tert-OH is 1. The van der Waals surface area contributed by atoms with Crippen molar-refractivity contribution in [3.8, 4) is 0 Å². The van der Waals surface area contributed by atoms with Crippen LogP contribution >= 0.6 is 11.6 Å². The van der Waals surface area contributed by atoms with Gasteiger partial charge >= 0.3 is 0 Å². The van der Waals surface area contributed by atoms with Gasteiger partial charge in [-0.3, -0.25) is 0 Å². The summed E-state index contributed by atoms with van der Waals surface area (Å²) < 4.78 is 0. The maximum atomic E-state index is 9.99. The molecule has 1 heterocycles. The van der Waals surface area contributed by atoms with E-state index >= 15 is 0 Å². The zero-order valence-electron chi connectivity index (χ0n) is 9.56. The first-order valence-corrected chi connectivity index (χ1v) is 6.27. The minimum atomic E-state index is -0.357. The molecule has 4 N–H and O–H groups in total. The smallest absolute Gasteiger partial charge is 0.222 e. The number of rotatable bonds is 2. The molecule has 2 atom stereocenters. The van der Waals surface area contributed by atoms with Gasteiger partial charge in [0, 0.05) is 0 Å². The molecule has 0 spiro atoms. The Balaban J connectivity index is 2.10. The molecule has 0 aliphatic heterocycles. The predicted octanol–water partition coefficient (Wildman–Crippen LogP) is 1.82. The Hall–Kier alpha value is -1.07. The molecule has 1 aliphatic carbocycles. The lowest BCUT2D eigenvalue weighted by molar-refractivity contribution is 0.144. The van der Waals surface area contributed by atoms with Gasteiger partial charge in [0.15, 0.2) is 5.82 Å². The molecule has 0 amide bonds. The molecule has 1 fully saturated rings. The fraction of sp³-hybridized carbons (Fsp3) is 0.636. The molecule has 0 saturated heterocycles. The molecule has 2 rings (SSSR count). The van der Waals surface area contributed by atoms with Gasteiger partial charge in [0.05, 0.1) is 18.3 Å². The zero-order valence-corrected chi connectivity index (χ0v) is 10.3. The second-order valence-electron chi connectivity index (χ2n) is 4.38. The van der Waals surface area contributed by atoms with Crippen LogP contribution in [-0.4, -0.2) is 27.2 Å². The number of aliphatic hydroxyl groups is 1. The van der Waals surface area contributed by atoms with E-state index in [1.54, 1.807) is 0 Å². The second-order valence-corrected chi connectivity index (χ2v) is 4.79. The summed E-state index contributed by atoms with van der Waals surface area (Å²) in [5.74, 6) is 0.685. The van der Waals surface area contributed by atoms with Gasteiger partial charge in [-0.05, 0) is 12.8 Å². The number of hydrogen-bond acceptors (Lipinski definition) is 5. The number of nitrogen functional groups attached to an aromatic ring is 1. The third-order valence-electron chi connectivity index (χ3n) is 3.06. The molecule has 17 heavy (non-hydrogen) atoms. The maximum Gasteiger partial charge on any atom is 0.222 e. The van der Waals surface area contributed by atoms with E-state index in [2.05, 4.69) is 15.3 Å². The Morgan fingerprint density at radius 3 is 2.94 bits per heavy atom. The molecular formula is C11H17ClN4O. The van der Waals surface area contributed by atoms with Crippen molar-refractivity contribution in [2.24, 2.45) is 0 Å². The lowest BCUT2D eigenvalue weighted by Gasteiger charge is -2.22. The SMILES string of the molecule is Nc1ncc(Cl)c(NC2CCCCCC2O)n1. The van der Waals surface area contributed by atoms with E-state index in [1.807, 2.05) is 0 Å². The molecule has 94 valence electrons. The van der Waals surface area contributed by atoms with E-state index in [9.17, 15) is 5.11 Å². The molecule has 2 unspecified atom stereocenters. The van der Waals surface area contributed by atoms with Gasteiger partial charge < -0.3 is 16.2 Å². The summed E-state index contributed by atoms with van der Waals surface area (Å²) in [6.45, 7) is 0. The number of halogens is 1. The lowest BCUT2D eigenvalue weighted by atomic mass is 10.1. The van der Waals surface area contributed by atoms with Crippen molar-refractivity contribution in [3.63, 3.8) is 0 Å². The summed E-state index contributed by atoms with van der Waals surface area (Å²) in [4.78, 5) is 7.85. The average molecular weight is 257 g/mol. The molecule has 0 bridgehead atoms. The van der Waals surface area contributed by atoms with Crippen molar-refractivity contribution in [2.45, 2.75) is 44.2 Å². The summed E-state index contributed by atoms with van der Waals surface area (Å²) in [6.07, 6.45) is 6.18. The molecule has 1 aromatic rings. The van der Waals surface area contributed by atoms with Crippen LogP contribution in [0.3, 0.4) is 0 Å². The number of anilines is 2. The monoisotopic (exact) mass is 256 g/mol. The number of nitrogens with one attached hydrogen (secondary N) is 1. The quantitative estimate of drug-likeness (QED) is 0.703. The highest BCUT2D eigenvalue weighted by Gasteiger charge is 2.22. The van der Waals surface area contributed by atoms with Crippen molar-refractivity contribution in [2.75, 3.05) is 11.1 Å². The van der Waals surface area contributed by atoms with E-state index in [-0.39, 0.29) is 18.1 Å². The molecule has 1 aliphatic rings. The van der Waals surface area contributed by atoms with E-state index in [4.69, 9.17) is 17.3 Å². The topological polar surface area (TPSA) is 84.1 Å². The fourth-order valence-corrected chi connectivity index (χ4v) is 2.26. The lowest BCUT2D eigenvalue weighted by Crippen LogP contribution is -2.33. The van der Waals surface area contributed by atoms with Crippen LogP contribution < -0.4 is 11.1 Å². The molecular weight excluding hydrogens is 240 g/mol. The van der Waals surface area contributed by atoms with Crippen molar-refractivity contribution in [1.29, 1.82) is 0 Å². The standard InChI is InChI=1S/C11H17ClN4O/c12-7-6-14-11(13)16-10(7)15-8-4-2-1-3-5-9(8)17/h6,8-9,17H,1-5H2,(H3,13,14,15,16). The summed E-state index contributed by atoms with van der Waals surface area (Å²) >= 11 is 5.98. The Morgan fingerprint density at radius 1 is 1.35 bits per heavy atom. The summed E-state index contributed by atoms with van der Waals surface area (Å²) in [5.41, 5.74) is 5.51. The average Bonchev–Trinajstić information content (AvgIpc) is 2.50. The number of nitrogens with zero attached hydrogens (tertiary/aromatic N) is 2. The fourth-order valence-electron chi connectivity index (χ4n) is 2.11. The van der Waals surface area contributed by atoms with Crippen molar-refractivity contribution >= 4 is 23.4 Å². The largest absolute Gasteiger partial charge is 0.391 e.